The van der Waals surface area contributed by atoms with Crippen molar-refractivity contribution in [2.45, 2.75) is 38.0 Å². The molecule has 1 aliphatic rings. The first-order valence-corrected chi connectivity index (χ1v) is 13.3. The second-order valence-electron chi connectivity index (χ2n) is 9.25. The number of halogens is 1. The first-order chi connectivity index (χ1) is 19.3. The van der Waals surface area contributed by atoms with Gasteiger partial charge in [0.15, 0.2) is 11.5 Å². The topological polar surface area (TPSA) is 139 Å². The van der Waals surface area contributed by atoms with Crippen LogP contribution in [0.25, 0.3) is 10.9 Å². The van der Waals surface area contributed by atoms with Crippen molar-refractivity contribution < 1.29 is 38.6 Å². The van der Waals surface area contributed by atoms with Crippen LogP contribution in [0, 0.1) is 0 Å². The van der Waals surface area contributed by atoms with E-state index in [9.17, 15) is 14.4 Å². The van der Waals surface area contributed by atoms with Gasteiger partial charge in [-0.25, -0.2) is 9.59 Å². The lowest BCUT2D eigenvalue weighted by molar-refractivity contribution is -0.134. The summed E-state index contributed by atoms with van der Waals surface area (Å²) >= 11 is 6.06. The number of carbonyl (C=O) groups is 3. The van der Waals surface area contributed by atoms with Crippen molar-refractivity contribution in [1.29, 1.82) is 0 Å². The smallest absolute Gasteiger partial charge is 0.328 e. The molecule has 10 nitrogen and oxygen atoms in total. The number of hydrogen-bond donors (Lipinski definition) is 2. The number of aromatic nitrogens is 1. The van der Waals surface area contributed by atoms with Crippen molar-refractivity contribution in [1.82, 2.24) is 10.1 Å². The Bertz CT molecular complexity index is 1300. The molecule has 1 saturated heterocycles. The van der Waals surface area contributed by atoms with Gasteiger partial charge in [-0.1, -0.05) is 22.8 Å². The van der Waals surface area contributed by atoms with Crippen LogP contribution in [0.15, 0.2) is 53.1 Å². The molecule has 0 aliphatic carbocycles. The van der Waals surface area contributed by atoms with Gasteiger partial charge in [-0.15, -0.1) is 0 Å². The minimum Gasteiger partial charge on any atom is -0.493 e. The predicted molar refractivity (Wildman–Crippen MR) is 149 cm³/mol. The molecule has 0 amide bonds. The first kappa shape index (κ1) is 30.6. The average Bonchev–Trinajstić information content (AvgIpc) is 3.36. The monoisotopic (exact) mass is 572 g/mol. The maximum absolute atomic E-state index is 10.7. The van der Waals surface area contributed by atoms with Crippen LogP contribution in [-0.4, -0.2) is 71.8 Å². The highest BCUT2D eigenvalue weighted by Gasteiger charge is 2.25. The number of piperidine rings is 1. The van der Waals surface area contributed by atoms with E-state index in [1.54, 1.807) is 7.11 Å². The summed E-state index contributed by atoms with van der Waals surface area (Å²) in [4.78, 5) is 32.3. The van der Waals surface area contributed by atoms with Crippen LogP contribution in [0.5, 0.6) is 11.5 Å². The number of fused-ring (bicyclic) bond motifs is 1. The molecule has 1 aliphatic heterocycles. The van der Waals surface area contributed by atoms with Crippen LogP contribution >= 0.6 is 11.6 Å². The molecule has 0 spiro atoms. The standard InChI is InChI=1S/C25H29ClN2O4.C4H4O4/c1-30-24-16-18(10-14-29)4-7-23(24)31-15-3-2-11-28-12-8-19(9-13-28)25-21-6-5-20(26)17-22(21)27-32-25;5-3(6)1-2-4(7)8/h4-7,14,16-17,19H,2-3,8-13,15H2,1H3;1-2H,(H,5,6)(H,7,8)/b;2-1+. The van der Waals surface area contributed by atoms with Gasteiger partial charge in [0.1, 0.15) is 17.6 Å². The highest BCUT2D eigenvalue weighted by atomic mass is 35.5. The minimum absolute atomic E-state index is 0.383. The fourth-order valence-corrected chi connectivity index (χ4v) is 4.63. The van der Waals surface area contributed by atoms with Crippen LogP contribution in [0.4, 0.5) is 0 Å². The van der Waals surface area contributed by atoms with Crippen LogP contribution in [0.2, 0.25) is 5.02 Å². The van der Waals surface area contributed by atoms with Crippen LogP contribution in [0.3, 0.4) is 0 Å². The van der Waals surface area contributed by atoms with Crippen molar-refractivity contribution in [2.75, 3.05) is 33.4 Å². The molecule has 4 rings (SSSR count). The van der Waals surface area contributed by atoms with Gasteiger partial charge >= 0.3 is 11.9 Å². The molecule has 2 aromatic carbocycles. The molecule has 0 bridgehead atoms. The van der Waals surface area contributed by atoms with Gasteiger partial charge in [0.05, 0.1) is 13.7 Å². The molecule has 3 aromatic rings. The Hall–Kier alpha value is -3.89. The number of carboxylic acid groups (broad SMARTS) is 2. The molecule has 0 atom stereocenters. The maximum Gasteiger partial charge on any atom is 0.328 e. The third-order valence-electron chi connectivity index (χ3n) is 6.47. The molecular weight excluding hydrogens is 540 g/mol. The second kappa shape index (κ2) is 15.6. The summed E-state index contributed by atoms with van der Waals surface area (Å²) in [5, 5.41) is 21.6. The van der Waals surface area contributed by atoms with E-state index in [1.807, 2.05) is 36.4 Å². The summed E-state index contributed by atoms with van der Waals surface area (Å²) in [6, 6.07) is 11.4. The number of benzene rings is 2. The SMILES string of the molecule is COc1cc(CC=O)ccc1OCCCCN1CCC(c2onc3cc(Cl)ccc23)CC1.O=C(O)/C=C/C(=O)O. The molecular formula is C29H33ClN2O8. The number of ether oxygens (including phenoxy) is 2. The Kier molecular flexibility index (Phi) is 12.0. The van der Waals surface area contributed by atoms with E-state index < -0.39 is 11.9 Å². The van der Waals surface area contributed by atoms with E-state index >= 15 is 0 Å². The molecule has 1 fully saturated rings. The van der Waals surface area contributed by atoms with Crippen molar-refractivity contribution in [3.05, 3.63) is 64.9 Å². The number of methoxy groups -OCH3 is 1. The fourth-order valence-electron chi connectivity index (χ4n) is 4.47. The third-order valence-corrected chi connectivity index (χ3v) is 6.70. The Balaban J connectivity index is 0.000000482. The number of aliphatic carboxylic acids is 2. The number of rotatable bonds is 12. The average molecular weight is 573 g/mol. The van der Waals surface area contributed by atoms with Gasteiger partial charge in [-0.05, 0) is 81.2 Å². The summed E-state index contributed by atoms with van der Waals surface area (Å²) in [5.41, 5.74) is 1.76. The number of likely N-dealkylation sites (tertiary alicyclic amines) is 1. The van der Waals surface area contributed by atoms with Crippen molar-refractivity contribution >= 4 is 40.7 Å². The van der Waals surface area contributed by atoms with E-state index in [1.165, 1.54) is 0 Å². The van der Waals surface area contributed by atoms with Crippen LogP contribution < -0.4 is 9.47 Å². The van der Waals surface area contributed by atoms with Gasteiger partial charge < -0.3 is 33.9 Å². The minimum atomic E-state index is -1.26. The molecule has 0 radical (unpaired) electrons. The fraction of sp³-hybridized carbons (Fsp3) is 0.379. The Labute approximate surface area is 237 Å². The Morgan fingerprint density at radius 1 is 1.07 bits per heavy atom. The van der Waals surface area contributed by atoms with E-state index in [-0.39, 0.29) is 0 Å². The maximum atomic E-state index is 10.7. The van der Waals surface area contributed by atoms with E-state index in [0.29, 0.717) is 41.9 Å². The number of unbranched alkanes of at least 4 members (excludes halogenated alkanes) is 1. The third kappa shape index (κ3) is 9.39. The predicted octanol–water partition coefficient (Wildman–Crippen LogP) is 4.98. The molecule has 11 heteroatoms. The van der Waals surface area contributed by atoms with Crippen molar-refractivity contribution in [3.8, 4) is 11.5 Å². The lowest BCUT2D eigenvalue weighted by atomic mass is 9.92. The first-order valence-electron chi connectivity index (χ1n) is 12.9. The Morgan fingerprint density at radius 3 is 2.45 bits per heavy atom. The van der Waals surface area contributed by atoms with E-state index in [0.717, 1.165) is 79.6 Å². The van der Waals surface area contributed by atoms with Crippen molar-refractivity contribution in [2.24, 2.45) is 0 Å². The van der Waals surface area contributed by atoms with Crippen molar-refractivity contribution in [3.63, 3.8) is 0 Å². The van der Waals surface area contributed by atoms with Gasteiger partial charge in [0.2, 0.25) is 0 Å². The largest absolute Gasteiger partial charge is 0.493 e. The van der Waals surface area contributed by atoms with Gasteiger partial charge in [-0.3, -0.25) is 0 Å². The lowest BCUT2D eigenvalue weighted by Gasteiger charge is -2.30. The quantitative estimate of drug-likeness (QED) is 0.173. The van der Waals surface area contributed by atoms with E-state index in [4.69, 9.17) is 35.8 Å². The molecule has 2 N–H and O–H groups in total. The lowest BCUT2D eigenvalue weighted by Crippen LogP contribution is -2.33. The summed E-state index contributed by atoms with van der Waals surface area (Å²) in [6.07, 6.45) is 6.61. The number of carboxylic acids is 2. The van der Waals surface area contributed by atoms with Gasteiger partial charge in [0.25, 0.3) is 0 Å². The molecule has 40 heavy (non-hydrogen) atoms. The molecule has 214 valence electrons. The number of aldehydes is 1. The normalized spacial score (nSPS) is 14.1. The molecule has 2 heterocycles. The zero-order valence-corrected chi connectivity index (χ0v) is 23.0. The summed E-state index contributed by atoms with van der Waals surface area (Å²) in [6.45, 7) is 3.84. The highest BCUT2D eigenvalue weighted by Crippen LogP contribution is 2.34. The number of nitrogens with zero attached hydrogens (tertiary/aromatic N) is 2. The highest BCUT2D eigenvalue weighted by molar-refractivity contribution is 6.31. The molecule has 0 saturated carbocycles. The number of hydrogen-bond acceptors (Lipinski definition) is 8. The van der Waals surface area contributed by atoms with Gasteiger partial charge in [0, 0.05) is 34.9 Å². The van der Waals surface area contributed by atoms with E-state index in [2.05, 4.69) is 10.1 Å². The Morgan fingerprint density at radius 2 is 1.80 bits per heavy atom. The molecule has 0 unspecified atom stereocenters. The van der Waals surface area contributed by atoms with Crippen LogP contribution in [0.1, 0.15) is 42.9 Å². The van der Waals surface area contributed by atoms with Gasteiger partial charge in [-0.2, -0.15) is 0 Å². The summed E-state index contributed by atoms with van der Waals surface area (Å²) < 4.78 is 17.0. The number of carbonyl (C=O) groups excluding carboxylic acids is 1. The zero-order chi connectivity index (χ0) is 28.9. The molecule has 1 aromatic heterocycles. The second-order valence-corrected chi connectivity index (χ2v) is 9.68. The summed E-state index contributed by atoms with van der Waals surface area (Å²) in [7, 11) is 1.62. The zero-order valence-electron chi connectivity index (χ0n) is 22.3. The van der Waals surface area contributed by atoms with Crippen LogP contribution in [-0.2, 0) is 20.8 Å². The summed E-state index contributed by atoms with van der Waals surface area (Å²) in [5.74, 6) is 0.296.